The van der Waals surface area contributed by atoms with Gasteiger partial charge >= 0.3 is 0 Å². The van der Waals surface area contributed by atoms with Gasteiger partial charge in [-0.05, 0) is 102 Å². The molecule has 2 N–H and O–H groups in total. The smallest absolute Gasteiger partial charge is 0.246 e. The molecule has 1 amide bonds. The Labute approximate surface area is 207 Å². The molecule has 0 aliphatic heterocycles. The Hall–Kier alpha value is -2.24. The van der Waals surface area contributed by atoms with Crippen molar-refractivity contribution in [2.45, 2.75) is 61.2 Å². The van der Waals surface area contributed by atoms with E-state index in [1.165, 1.54) is 16.0 Å². The molecule has 6 atom stereocenters. The SMILES string of the molecule is CN(C)C(=O)/C=C/c1ccc(SC2Cc3cc(O)ccc3[C@H]3CC[C@]4(C)C(O)CC[C@H]4[C@H]23)cc1. The summed E-state index contributed by atoms with van der Waals surface area (Å²) in [4.78, 5) is 14.6. The fourth-order valence-corrected chi connectivity index (χ4v) is 8.24. The number of carbonyl (C=O) groups is 1. The molecule has 180 valence electrons. The van der Waals surface area contributed by atoms with Crippen LogP contribution in [0.15, 0.2) is 53.4 Å². The van der Waals surface area contributed by atoms with Crippen LogP contribution in [0.1, 0.15) is 55.2 Å². The van der Waals surface area contributed by atoms with Crippen molar-refractivity contribution in [1.29, 1.82) is 0 Å². The van der Waals surface area contributed by atoms with Gasteiger partial charge < -0.3 is 15.1 Å². The lowest BCUT2D eigenvalue weighted by molar-refractivity contribution is -0.123. The van der Waals surface area contributed by atoms with Crippen LogP contribution in [-0.2, 0) is 11.2 Å². The molecule has 2 saturated carbocycles. The Morgan fingerprint density at radius 3 is 2.62 bits per heavy atom. The van der Waals surface area contributed by atoms with E-state index in [1.807, 2.05) is 30.0 Å². The normalized spacial score (nSPS) is 32.2. The van der Waals surface area contributed by atoms with Gasteiger partial charge in [-0.1, -0.05) is 25.1 Å². The van der Waals surface area contributed by atoms with E-state index in [0.29, 0.717) is 28.8 Å². The molecule has 0 heterocycles. The van der Waals surface area contributed by atoms with E-state index in [0.717, 1.165) is 37.7 Å². The topological polar surface area (TPSA) is 60.8 Å². The first-order valence-corrected chi connectivity index (χ1v) is 13.3. The van der Waals surface area contributed by atoms with Gasteiger partial charge in [0.1, 0.15) is 5.75 Å². The molecule has 2 aromatic carbocycles. The number of likely N-dealkylation sites (N-methyl/N-ethyl adjacent to an activating group) is 1. The second kappa shape index (κ2) is 9.09. The molecule has 2 unspecified atom stereocenters. The zero-order valence-corrected chi connectivity index (χ0v) is 21.1. The van der Waals surface area contributed by atoms with Crippen molar-refractivity contribution in [2.75, 3.05) is 14.1 Å². The molecule has 3 aliphatic carbocycles. The number of thioether (sulfide) groups is 1. The third kappa shape index (κ3) is 4.18. The molecule has 0 bridgehead atoms. The summed E-state index contributed by atoms with van der Waals surface area (Å²) in [5.74, 6) is 1.87. The largest absolute Gasteiger partial charge is 0.508 e. The van der Waals surface area contributed by atoms with Crippen molar-refractivity contribution >= 4 is 23.7 Å². The summed E-state index contributed by atoms with van der Waals surface area (Å²) >= 11 is 1.94. The van der Waals surface area contributed by atoms with E-state index in [9.17, 15) is 15.0 Å². The second-order valence-corrected chi connectivity index (χ2v) is 12.1. The highest BCUT2D eigenvalue weighted by atomic mass is 32.2. The van der Waals surface area contributed by atoms with Gasteiger partial charge in [0, 0.05) is 30.3 Å². The van der Waals surface area contributed by atoms with Crippen molar-refractivity contribution in [1.82, 2.24) is 4.90 Å². The minimum Gasteiger partial charge on any atom is -0.508 e. The first-order valence-electron chi connectivity index (χ1n) is 12.4. The van der Waals surface area contributed by atoms with Crippen molar-refractivity contribution in [3.63, 3.8) is 0 Å². The number of phenols is 1. The van der Waals surface area contributed by atoms with E-state index in [2.05, 4.69) is 37.3 Å². The quantitative estimate of drug-likeness (QED) is 0.573. The summed E-state index contributed by atoms with van der Waals surface area (Å²) in [7, 11) is 3.50. The number of aromatic hydroxyl groups is 1. The van der Waals surface area contributed by atoms with Crippen LogP contribution >= 0.6 is 11.8 Å². The molecule has 0 radical (unpaired) electrons. The van der Waals surface area contributed by atoms with E-state index in [-0.39, 0.29) is 17.4 Å². The molecular formula is C29H35NO3S. The second-order valence-electron chi connectivity index (χ2n) is 10.8. The maximum absolute atomic E-state index is 11.8. The van der Waals surface area contributed by atoms with Crippen LogP contribution in [-0.4, -0.2) is 46.5 Å². The number of hydrogen-bond acceptors (Lipinski definition) is 4. The maximum atomic E-state index is 11.8. The molecule has 4 nitrogen and oxygen atoms in total. The highest BCUT2D eigenvalue weighted by Gasteiger charge is 2.56. The van der Waals surface area contributed by atoms with Crippen molar-refractivity contribution < 1.29 is 15.0 Å². The Morgan fingerprint density at radius 2 is 1.88 bits per heavy atom. The Balaban J connectivity index is 1.42. The van der Waals surface area contributed by atoms with Gasteiger partial charge in [-0.2, -0.15) is 0 Å². The summed E-state index contributed by atoms with van der Waals surface area (Å²) in [6, 6.07) is 14.4. The molecule has 2 fully saturated rings. The number of amides is 1. The summed E-state index contributed by atoms with van der Waals surface area (Å²) in [5.41, 5.74) is 3.72. The third-order valence-electron chi connectivity index (χ3n) is 8.69. The minimum absolute atomic E-state index is 0.0159. The molecule has 0 saturated heterocycles. The number of phenolic OH excluding ortho intramolecular Hbond substituents is 1. The van der Waals surface area contributed by atoms with Crippen LogP contribution in [0.4, 0.5) is 0 Å². The lowest BCUT2D eigenvalue weighted by Crippen LogP contribution is -2.48. The molecule has 34 heavy (non-hydrogen) atoms. The van der Waals surface area contributed by atoms with Crippen LogP contribution in [0.3, 0.4) is 0 Å². The van der Waals surface area contributed by atoms with Crippen LogP contribution in [0.25, 0.3) is 6.08 Å². The molecule has 2 aromatic rings. The molecule has 0 aromatic heterocycles. The highest BCUT2D eigenvalue weighted by Crippen LogP contribution is 2.62. The van der Waals surface area contributed by atoms with Gasteiger partial charge in [0.15, 0.2) is 0 Å². The van der Waals surface area contributed by atoms with E-state index in [1.54, 1.807) is 25.1 Å². The van der Waals surface area contributed by atoms with Gasteiger partial charge in [-0.15, -0.1) is 11.8 Å². The standard InChI is InChI=1S/C29H35NO3S/c1-29-15-14-23-22-10-7-20(31)16-19(22)17-25(28(23)24(29)11-12-26(29)32)34-21-8-4-18(5-9-21)6-13-27(33)30(2)3/h4-10,13,16,23-26,28,31-32H,11-12,14-15,17H2,1-3H3/b13-6+/t23-,24+,25?,26?,28-,29+/m1/s1. The van der Waals surface area contributed by atoms with Gasteiger partial charge in [-0.3, -0.25) is 4.79 Å². The number of benzene rings is 2. The molecule has 0 spiro atoms. The first-order chi connectivity index (χ1) is 16.3. The van der Waals surface area contributed by atoms with Crippen molar-refractivity contribution in [3.8, 4) is 5.75 Å². The summed E-state index contributed by atoms with van der Waals surface area (Å²) < 4.78 is 0. The monoisotopic (exact) mass is 477 g/mol. The van der Waals surface area contributed by atoms with E-state index < -0.39 is 0 Å². The third-order valence-corrected chi connectivity index (χ3v) is 10.0. The summed E-state index contributed by atoms with van der Waals surface area (Å²) in [6.45, 7) is 2.32. The minimum atomic E-state index is -0.193. The number of aliphatic hydroxyl groups is 1. The zero-order chi connectivity index (χ0) is 24.0. The lowest BCUT2D eigenvalue weighted by Gasteiger charge is -2.52. The predicted octanol–water partition coefficient (Wildman–Crippen LogP) is 5.48. The number of aliphatic hydroxyl groups excluding tert-OH is 1. The lowest BCUT2D eigenvalue weighted by atomic mass is 9.55. The highest BCUT2D eigenvalue weighted by molar-refractivity contribution is 8.00. The Bertz CT molecular complexity index is 1100. The Morgan fingerprint density at radius 1 is 1.12 bits per heavy atom. The molecular weight excluding hydrogens is 442 g/mol. The number of nitrogens with zero attached hydrogens (tertiary/aromatic N) is 1. The van der Waals surface area contributed by atoms with E-state index in [4.69, 9.17) is 0 Å². The molecule has 5 rings (SSSR count). The molecule has 5 heteroatoms. The number of fused-ring (bicyclic) bond motifs is 5. The first kappa shape index (κ1) is 23.5. The van der Waals surface area contributed by atoms with Crippen LogP contribution in [0.2, 0.25) is 0 Å². The Kier molecular flexibility index (Phi) is 6.28. The number of carbonyl (C=O) groups excluding carboxylic acids is 1. The fraction of sp³-hybridized carbons (Fsp3) is 0.483. The van der Waals surface area contributed by atoms with Gasteiger partial charge in [-0.25, -0.2) is 0 Å². The average molecular weight is 478 g/mol. The predicted molar refractivity (Wildman–Crippen MR) is 138 cm³/mol. The number of rotatable bonds is 4. The number of hydrogen-bond donors (Lipinski definition) is 2. The van der Waals surface area contributed by atoms with Crippen LogP contribution in [0, 0.1) is 17.3 Å². The van der Waals surface area contributed by atoms with E-state index >= 15 is 0 Å². The van der Waals surface area contributed by atoms with Gasteiger partial charge in [0.05, 0.1) is 6.10 Å². The summed E-state index contributed by atoms with van der Waals surface area (Å²) in [6.07, 6.45) is 8.41. The van der Waals surface area contributed by atoms with Crippen molar-refractivity contribution in [3.05, 3.63) is 65.2 Å². The van der Waals surface area contributed by atoms with Crippen LogP contribution < -0.4 is 0 Å². The summed E-state index contributed by atoms with van der Waals surface area (Å²) in [5, 5.41) is 21.4. The van der Waals surface area contributed by atoms with Gasteiger partial charge in [0.2, 0.25) is 5.91 Å². The van der Waals surface area contributed by atoms with Crippen LogP contribution in [0.5, 0.6) is 5.75 Å². The zero-order valence-electron chi connectivity index (χ0n) is 20.3. The van der Waals surface area contributed by atoms with Crippen molar-refractivity contribution in [2.24, 2.45) is 17.3 Å². The molecule has 3 aliphatic rings. The maximum Gasteiger partial charge on any atom is 0.246 e. The van der Waals surface area contributed by atoms with Gasteiger partial charge in [0.25, 0.3) is 0 Å². The fourth-order valence-electron chi connectivity index (χ4n) is 6.80. The average Bonchev–Trinajstić information content (AvgIpc) is 3.12.